The summed E-state index contributed by atoms with van der Waals surface area (Å²) in [6.45, 7) is 0.320. The number of halogens is 1. The predicted octanol–water partition coefficient (Wildman–Crippen LogP) is 4.36. The van der Waals surface area contributed by atoms with Gasteiger partial charge in [-0.05, 0) is 66.6 Å². The van der Waals surface area contributed by atoms with Crippen LogP contribution in [0.1, 0.15) is 18.4 Å². The van der Waals surface area contributed by atoms with Crippen molar-refractivity contribution in [1.29, 1.82) is 0 Å². The van der Waals surface area contributed by atoms with Crippen LogP contribution in [-0.4, -0.2) is 17.8 Å². The Morgan fingerprint density at radius 1 is 0.903 bits per heavy atom. The molecule has 6 nitrogen and oxygen atoms in total. The quantitative estimate of drug-likeness (QED) is 0.553. The summed E-state index contributed by atoms with van der Waals surface area (Å²) >= 11 is 5.84. The second-order valence-electron chi connectivity index (χ2n) is 8.33. The van der Waals surface area contributed by atoms with E-state index in [9.17, 15) is 14.4 Å². The van der Waals surface area contributed by atoms with Gasteiger partial charge in [-0.1, -0.05) is 35.9 Å². The molecule has 31 heavy (non-hydrogen) atoms. The van der Waals surface area contributed by atoms with Gasteiger partial charge in [-0.25, -0.2) is 4.79 Å². The number of amides is 4. The van der Waals surface area contributed by atoms with Crippen molar-refractivity contribution < 1.29 is 14.4 Å². The van der Waals surface area contributed by atoms with Gasteiger partial charge in [0.1, 0.15) is 0 Å². The maximum atomic E-state index is 13.0. The zero-order valence-electron chi connectivity index (χ0n) is 16.8. The van der Waals surface area contributed by atoms with Gasteiger partial charge in [0.05, 0.1) is 17.5 Å². The second kappa shape index (κ2) is 7.85. The number of hydrogen-bond donors (Lipinski definition) is 2. The maximum Gasteiger partial charge on any atom is 0.319 e. The normalized spacial score (nSPS) is 26.2. The molecule has 3 aliphatic carbocycles. The molecule has 2 N–H and O–H groups in total. The summed E-state index contributed by atoms with van der Waals surface area (Å²) in [5, 5.41) is 6.13. The Balaban J connectivity index is 1.22. The van der Waals surface area contributed by atoms with Crippen molar-refractivity contribution in [2.45, 2.75) is 19.4 Å². The molecule has 0 aromatic heterocycles. The van der Waals surface area contributed by atoms with Crippen molar-refractivity contribution in [3.05, 3.63) is 71.3 Å². The number of nitrogens with zero attached hydrogens (tertiary/aromatic N) is 1. The summed E-state index contributed by atoms with van der Waals surface area (Å²) in [6.07, 6.45) is 6.21. The lowest BCUT2D eigenvalue weighted by Gasteiger charge is -2.38. The molecule has 4 unspecified atom stereocenters. The fourth-order valence-corrected chi connectivity index (χ4v) is 5.11. The maximum absolute atomic E-state index is 13.0. The van der Waals surface area contributed by atoms with Gasteiger partial charge in [0.2, 0.25) is 11.8 Å². The van der Waals surface area contributed by atoms with Crippen LogP contribution >= 0.6 is 11.6 Å². The molecule has 2 bridgehead atoms. The van der Waals surface area contributed by atoms with Crippen LogP contribution in [-0.2, 0) is 16.1 Å². The Bertz CT molecular complexity index is 1030. The zero-order valence-corrected chi connectivity index (χ0v) is 17.5. The van der Waals surface area contributed by atoms with Crippen LogP contribution in [0.3, 0.4) is 0 Å². The molecule has 7 heteroatoms. The highest BCUT2D eigenvalue weighted by atomic mass is 35.5. The Labute approximate surface area is 185 Å². The van der Waals surface area contributed by atoms with Crippen LogP contribution in [0.4, 0.5) is 16.2 Å². The number of hydrogen-bond acceptors (Lipinski definition) is 3. The topological polar surface area (TPSA) is 78.5 Å². The molecule has 0 radical (unpaired) electrons. The number of nitrogens with one attached hydrogen (secondary N) is 2. The molecule has 2 aromatic rings. The minimum Gasteiger partial charge on any atom is -0.334 e. The smallest absolute Gasteiger partial charge is 0.319 e. The van der Waals surface area contributed by atoms with E-state index in [1.165, 1.54) is 4.90 Å². The van der Waals surface area contributed by atoms with Crippen LogP contribution < -0.4 is 15.5 Å². The molecule has 4 atom stereocenters. The van der Waals surface area contributed by atoms with Crippen LogP contribution in [0, 0.1) is 23.7 Å². The highest BCUT2D eigenvalue weighted by molar-refractivity contribution is 6.30. The summed E-state index contributed by atoms with van der Waals surface area (Å²) in [6, 6.07) is 13.7. The molecule has 158 valence electrons. The molecule has 1 saturated carbocycles. The summed E-state index contributed by atoms with van der Waals surface area (Å²) in [7, 11) is 0. The number of urea groups is 1. The number of rotatable bonds is 4. The summed E-state index contributed by atoms with van der Waals surface area (Å²) in [5.41, 5.74) is 2.11. The Kier molecular flexibility index (Phi) is 5.02. The van der Waals surface area contributed by atoms with Gasteiger partial charge in [-0.3, -0.25) is 14.5 Å². The van der Waals surface area contributed by atoms with Crippen LogP contribution in [0.15, 0.2) is 60.7 Å². The van der Waals surface area contributed by atoms with E-state index in [-0.39, 0.29) is 41.5 Å². The van der Waals surface area contributed by atoms with E-state index in [0.29, 0.717) is 22.9 Å². The first kappa shape index (κ1) is 19.8. The van der Waals surface area contributed by atoms with Crippen molar-refractivity contribution in [3.63, 3.8) is 0 Å². The summed E-state index contributed by atoms with van der Waals surface area (Å²) < 4.78 is 0. The van der Waals surface area contributed by atoms with E-state index in [1.54, 1.807) is 36.4 Å². The number of carbonyl (C=O) groups excluding carboxylic acids is 3. The third-order valence-electron chi connectivity index (χ3n) is 6.51. The van der Waals surface area contributed by atoms with Gasteiger partial charge in [0.25, 0.3) is 0 Å². The minimum atomic E-state index is -0.330. The highest BCUT2D eigenvalue weighted by Gasteiger charge is 2.56. The number of carbonyl (C=O) groups is 3. The second-order valence-corrected chi connectivity index (χ2v) is 8.77. The third kappa shape index (κ3) is 3.61. The molecule has 2 fully saturated rings. The van der Waals surface area contributed by atoms with Gasteiger partial charge in [0, 0.05) is 17.3 Å². The van der Waals surface area contributed by atoms with Gasteiger partial charge >= 0.3 is 6.03 Å². The summed E-state index contributed by atoms with van der Waals surface area (Å²) in [4.78, 5) is 39.5. The molecular weight excluding hydrogens is 414 g/mol. The molecule has 1 saturated heterocycles. The number of imide groups is 1. The van der Waals surface area contributed by atoms with Crippen LogP contribution in [0.25, 0.3) is 0 Å². The highest BCUT2D eigenvalue weighted by Crippen LogP contribution is 2.50. The fourth-order valence-electron chi connectivity index (χ4n) is 4.98. The minimum absolute atomic E-state index is 0.0812. The first-order chi connectivity index (χ1) is 15.0. The SMILES string of the molecule is O=C(NCc1ccc(N2C(=O)C3C4C=CC(CC4)C3C2=O)cc1)Nc1ccc(Cl)cc1. The average Bonchev–Trinajstić information content (AvgIpc) is 3.08. The first-order valence-corrected chi connectivity index (χ1v) is 10.8. The van der Waals surface area contributed by atoms with Crippen molar-refractivity contribution in [3.8, 4) is 0 Å². The first-order valence-electron chi connectivity index (χ1n) is 10.5. The molecule has 4 amide bonds. The van der Waals surface area contributed by atoms with E-state index >= 15 is 0 Å². The zero-order chi connectivity index (χ0) is 21.5. The van der Waals surface area contributed by atoms with Gasteiger partial charge in [-0.2, -0.15) is 0 Å². The number of anilines is 2. The molecule has 1 aliphatic heterocycles. The fraction of sp³-hybridized carbons (Fsp3) is 0.292. The van der Waals surface area contributed by atoms with Crippen molar-refractivity contribution in [1.82, 2.24) is 5.32 Å². The average molecular weight is 436 g/mol. The van der Waals surface area contributed by atoms with Gasteiger partial charge in [-0.15, -0.1) is 0 Å². The third-order valence-corrected chi connectivity index (χ3v) is 6.76. The number of benzene rings is 2. The molecule has 0 spiro atoms. The molecular formula is C24H22ClN3O3. The van der Waals surface area contributed by atoms with Crippen LogP contribution in [0.5, 0.6) is 0 Å². The van der Waals surface area contributed by atoms with Crippen LogP contribution in [0.2, 0.25) is 5.02 Å². The lowest BCUT2D eigenvalue weighted by molar-refractivity contribution is -0.124. The predicted molar refractivity (Wildman–Crippen MR) is 119 cm³/mol. The van der Waals surface area contributed by atoms with E-state index < -0.39 is 0 Å². The van der Waals surface area contributed by atoms with Gasteiger partial charge < -0.3 is 10.6 Å². The van der Waals surface area contributed by atoms with E-state index in [0.717, 1.165) is 18.4 Å². The monoisotopic (exact) mass is 435 g/mol. The largest absolute Gasteiger partial charge is 0.334 e. The van der Waals surface area contributed by atoms with E-state index in [1.807, 2.05) is 12.1 Å². The number of fused-ring (bicyclic) bond motifs is 1. The Hall–Kier alpha value is -3.12. The molecule has 2 aromatic carbocycles. The standard InChI is InChI=1S/C24H22ClN3O3/c25-17-7-9-18(10-8-17)27-24(31)26-13-14-1-11-19(12-2-14)28-22(29)20-15-3-4-16(6-5-15)21(20)23(28)30/h1-4,7-12,15-16,20-21H,5-6,13H2,(H2,26,27,31). The van der Waals surface area contributed by atoms with Gasteiger partial charge in [0.15, 0.2) is 0 Å². The Morgan fingerprint density at radius 3 is 2.03 bits per heavy atom. The number of allylic oxidation sites excluding steroid dienone is 2. The summed E-state index contributed by atoms with van der Waals surface area (Å²) in [5.74, 6) is -0.231. The lowest BCUT2D eigenvalue weighted by Crippen LogP contribution is -2.38. The lowest BCUT2D eigenvalue weighted by atomic mass is 9.63. The Morgan fingerprint density at radius 2 is 1.48 bits per heavy atom. The molecule has 6 rings (SSSR count). The van der Waals surface area contributed by atoms with E-state index in [4.69, 9.17) is 11.6 Å². The molecule has 4 aliphatic rings. The van der Waals surface area contributed by atoms with Crippen molar-refractivity contribution >= 4 is 40.8 Å². The molecule has 1 heterocycles. The van der Waals surface area contributed by atoms with Crippen molar-refractivity contribution in [2.24, 2.45) is 23.7 Å². The van der Waals surface area contributed by atoms with Crippen molar-refractivity contribution in [2.75, 3.05) is 10.2 Å². The van der Waals surface area contributed by atoms with E-state index in [2.05, 4.69) is 22.8 Å².